The van der Waals surface area contributed by atoms with Crippen LogP contribution in [0.5, 0.6) is 11.5 Å². The van der Waals surface area contributed by atoms with Crippen molar-refractivity contribution in [1.82, 2.24) is 5.43 Å². The number of thiophene rings is 1. The number of rotatable bonds is 9. The number of carbonyl (C=O) groups excluding carboxylic acids is 1. The van der Waals surface area contributed by atoms with Gasteiger partial charge in [-0.2, -0.15) is 5.10 Å². The number of nitrogens with one attached hydrogen (secondary N) is 1. The Morgan fingerprint density at radius 1 is 1.00 bits per heavy atom. The smallest absolute Gasteiger partial charge is 0.245 e. The summed E-state index contributed by atoms with van der Waals surface area (Å²) in [4.78, 5) is 12.8. The highest BCUT2D eigenvalue weighted by molar-refractivity contribution is 7.10. The minimum atomic E-state index is -0.139. The molecule has 0 aliphatic rings. The van der Waals surface area contributed by atoms with Gasteiger partial charge in [-0.05, 0) is 65.5 Å². The number of carbonyl (C=O) groups is 1. The Morgan fingerprint density at radius 2 is 1.64 bits per heavy atom. The molecule has 0 aliphatic carbocycles. The van der Waals surface area contributed by atoms with E-state index < -0.39 is 0 Å². The summed E-state index contributed by atoms with van der Waals surface area (Å²) in [6, 6.07) is 18.5. The molecule has 0 spiro atoms. The Labute approximate surface area is 172 Å². The fraction of sp³-hybridized carbons (Fsp3) is 0.143. The number of benzene rings is 2. The monoisotopic (exact) mass is 414 g/mol. The van der Waals surface area contributed by atoms with Crippen molar-refractivity contribution >= 4 is 35.1 Å². The molecule has 2 aromatic carbocycles. The second-order valence-electron chi connectivity index (χ2n) is 5.77. The first kappa shape index (κ1) is 19.9. The fourth-order valence-corrected chi connectivity index (χ4v) is 3.12. The molecule has 3 rings (SSSR count). The van der Waals surface area contributed by atoms with Crippen LogP contribution >= 0.6 is 22.9 Å². The third-order valence-corrected chi connectivity index (χ3v) is 4.76. The normalized spacial score (nSPS) is 10.8. The first-order chi connectivity index (χ1) is 13.7. The number of ether oxygens (including phenoxy) is 2. The van der Waals surface area contributed by atoms with Crippen molar-refractivity contribution < 1.29 is 14.3 Å². The van der Waals surface area contributed by atoms with Crippen LogP contribution in [0.1, 0.15) is 10.4 Å². The van der Waals surface area contributed by atoms with E-state index in [0.29, 0.717) is 24.7 Å². The van der Waals surface area contributed by atoms with Gasteiger partial charge in [-0.25, -0.2) is 5.43 Å². The summed E-state index contributed by atoms with van der Waals surface area (Å²) in [5.74, 6) is 1.35. The molecule has 0 bridgehead atoms. The molecule has 144 valence electrons. The molecule has 1 N–H and O–H groups in total. The van der Waals surface area contributed by atoms with Crippen LogP contribution in [-0.2, 0) is 11.2 Å². The van der Waals surface area contributed by atoms with Gasteiger partial charge in [-0.1, -0.05) is 17.7 Å². The van der Waals surface area contributed by atoms with E-state index in [9.17, 15) is 4.79 Å². The molecular formula is C21H19ClN2O3S. The average Bonchev–Trinajstić information content (AvgIpc) is 3.21. The molecule has 0 atom stereocenters. The topological polar surface area (TPSA) is 59.9 Å². The molecule has 0 saturated carbocycles. The lowest BCUT2D eigenvalue weighted by Crippen LogP contribution is -2.19. The number of hydrogen-bond donors (Lipinski definition) is 1. The summed E-state index contributed by atoms with van der Waals surface area (Å²) < 4.78 is 11.2. The van der Waals surface area contributed by atoms with Gasteiger partial charge < -0.3 is 9.47 Å². The molecule has 1 aromatic heterocycles. The van der Waals surface area contributed by atoms with Crippen molar-refractivity contribution in [2.24, 2.45) is 5.10 Å². The highest BCUT2D eigenvalue weighted by Crippen LogP contribution is 2.16. The Hall–Kier alpha value is -2.83. The van der Waals surface area contributed by atoms with Gasteiger partial charge in [-0.15, -0.1) is 11.3 Å². The van der Waals surface area contributed by atoms with Crippen LogP contribution in [0, 0.1) is 0 Å². The summed E-state index contributed by atoms with van der Waals surface area (Å²) >= 11 is 7.38. The van der Waals surface area contributed by atoms with Crippen molar-refractivity contribution in [3.63, 3.8) is 0 Å². The quantitative estimate of drug-likeness (QED) is 0.317. The maximum Gasteiger partial charge on any atom is 0.245 e. The number of hydrazone groups is 1. The molecule has 0 unspecified atom stereocenters. The summed E-state index contributed by atoms with van der Waals surface area (Å²) in [5, 5.41) is 6.60. The maximum absolute atomic E-state index is 11.8. The SMILES string of the molecule is O=C(Cc1cccs1)N/N=C\c1ccc(OCCOc2ccc(Cl)cc2)cc1. The molecule has 0 radical (unpaired) electrons. The second kappa shape index (κ2) is 10.5. The van der Waals surface area contributed by atoms with Crippen LogP contribution in [-0.4, -0.2) is 25.3 Å². The van der Waals surface area contributed by atoms with Gasteiger partial charge in [0.05, 0.1) is 12.6 Å². The fourth-order valence-electron chi connectivity index (χ4n) is 2.29. The molecular weight excluding hydrogens is 396 g/mol. The predicted octanol–water partition coefficient (Wildman–Crippen LogP) is 4.55. The van der Waals surface area contributed by atoms with Gasteiger partial charge in [0.15, 0.2) is 0 Å². The maximum atomic E-state index is 11.8. The third-order valence-electron chi connectivity index (χ3n) is 3.63. The van der Waals surface area contributed by atoms with Gasteiger partial charge in [0.25, 0.3) is 0 Å². The van der Waals surface area contributed by atoms with Crippen LogP contribution in [0.15, 0.2) is 71.1 Å². The average molecular weight is 415 g/mol. The van der Waals surface area contributed by atoms with Crippen molar-refractivity contribution in [2.75, 3.05) is 13.2 Å². The Morgan fingerprint density at radius 3 is 2.25 bits per heavy atom. The highest BCUT2D eigenvalue weighted by Gasteiger charge is 2.02. The predicted molar refractivity (Wildman–Crippen MR) is 113 cm³/mol. The zero-order valence-corrected chi connectivity index (χ0v) is 16.6. The first-order valence-electron chi connectivity index (χ1n) is 8.64. The van der Waals surface area contributed by atoms with E-state index in [2.05, 4.69) is 10.5 Å². The van der Waals surface area contributed by atoms with Crippen LogP contribution in [0.3, 0.4) is 0 Å². The number of amides is 1. The van der Waals surface area contributed by atoms with E-state index in [1.807, 2.05) is 53.9 Å². The van der Waals surface area contributed by atoms with E-state index in [1.54, 1.807) is 29.7 Å². The third kappa shape index (κ3) is 6.72. The lowest BCUT2D eigenvalue weighted by atomic mass is 10.2. The zero-order chi connectivity index (χ0) is 19.6. The van der Waals surface area contributed by atoms with Crippen molar-refractivity contribution in [3.05, 3.63) is 81.5 Å². The molecule has 1 amide bonds. The van der Waals surface area contributed by atoms with E-state index >= 15 is 0 Å². The Balaban J connectivity index is 1.37. The minimum Gasteiger partial charge on any atom is -0.490 e. The van der Waals surface area contributed by atoms with Gasteiger partial charge in [0, 0.05) is 9.90 Å². The molecule has 1 heterocycles. The van der Waals surface area contributed by atoms with Crippen LogP contribution in [0.4, 0.5) is 0 Å². The Kier molecular flexibility index (Phi) is 7.46. The highest BCUT2D eigenvalue weighted by atomic mass is 35.5. The van der Waals surface area contributed by atoms with E-state index in [0.717, 1.165) is 21.9 Å². The number of halogens is 1. The number of hydrogen-bond acceptors (Lipinski definition) is 5. The molecule has 3 aromatic rings. The zero-order valence-electron chi connectivity index (χ0n) is 15.0. The summed E-state index contributed by atoms with van der Waals surface area (Å²) in [6.45, 7) is 0.857. The molecule has 0 saturated heterocycles. The minimum absolute atomic E-state index is 0.139. The van der Waals surface area contributed by atoms with Crippen LogP contribution in [0.2, 0.25) is 5.02 Å². The Bertz CT molecular complexity index is 894. The van der Waals surface area contributed by atoms with Crippen LogP contribution < -0.4 is 14.9 Å². The largest absolute Gasteiger partial charge is 0.490 e. The molecule has 5 nitrogen and oxygen atoms in total. The number of nitrogens with zero attached hydrogens (tertiary/aromatic N) is 1. The summed E-state index contributed by atoms with van der Waals surface area (Å²) in [7, 11) is 0. The van der Waals surface area contributed by atoms with Crippen LogP contribution in [0.25, 0.3) is 0 Å². The van der Waals surface area contributed by atoms with Gasteiger partial charge in [0.2, 0.25) is 5.91 Å². The van der Waals surface area contributed by atoms with Gasteiger partial charge in [-0.3, -0.25) is 4.79 Å². The lowest BCUT2D eigenvalue weighted by molar-refractivity contribution is -0.120. The standard InChI is InChI=1S/C21H19ClN2O3S/c22-17-5-9-19(10-6-17)27-12-11-26-18-7-3-16(4-8-18)15-23-24-21(25)14-20-2-1-13-28-20/h1-10,13,15H,11-12,14H2,(H,24,25)/b23-15-. The van der Waals surface area contributed by atoms with Crippen molar-refractivity contribution in [2.45, 2.75) is 6.42 Å². The second-order valence-corrected chi connectivity index (χ2v) is 7.24. The molecule has 28 heavy (non-hydrogen) atoms. The molecule has 7 heteroatoms. The molecule has 0 aliphatic heterocycles. The summed E-state index contributed by atoms with van der Waals surface area (Å²) in [6.07, 6.45) is 1.93. The van der Waals surface area contributed by atoms with Crippen molar-refractivity contribution in [1.29, 1.82) is 0 Å². The lowest BCUT2D eigenvalue weighted by Gasteiger charge is -2.08. The van der Waals surface area contributed by atoms with Gasteiger partial charge in [0.1, 0.15) is 24.7 Å². The van der Waals surface area contributed by atoms with E-state index in [4.69, 9.17) is 21.1 Å². The van der Waals surface area contributed by atoms with Gasteiger partial charge >= 0.3 is 0 Å². The van der Waals surface area contributed by atoms with E-state index in [-0.39, 0.29) is 5.91 Å². The van der Waals surface area contributed by atoms with E-state index in [1.165, 1.54) is 0 Å². The summed E-state index contributed by atoms with van der Waals surface area (Å²) in [5.41, 5.74) is 3.39. The molecule has 0 fully saturated rings. The first-order valence-corrected chi connectivity index (χ1v) is 9.90. The van der Waals surface area contributed by atoms with Crippen molar-refractivity contribution in [3.8, 4) is 11.5 Å².